The van der Waals surface area contributed by atoms with Gasteiger partial charge in [-0.3, -0.25) is 4.79 Å². The number of amides is 1. The van der Waals surface area contributed by atoms with Gasteiger partial charge in [0.25, 0.3) is 0 Å². The maximum Gasteiger partial charge on any atom is 0.239 e. The summed E-state index contributed by atoms with van der Waals surface area (Å²) in [4.78, 5) is 13.2. The van der Waals surface area contributed by atoms with Crippen LogP contribution in [0, 0.1) is 0 Å². The molecule has 0 radical (unpaired) electrons. The fourth-order valence-electron chi connectivity index (χ4n) is 1.19. The monoisotopic (exact) mass is 218 g/mol. The maximum absolute atomic E-state index is 11.6. The molecule has 5 heteroatoms. The van der Waals surface area contributed by atoms with Crippen LogP contribution < -0.4 is 5.73 Å². The van der Waals surface area contributed by atoms with E-state index in [1.807, 2.05) is 0 Å². The van der Waals surface area contributed by atoms with Crippen LogP contribution in [0.2, 0.25) is 0 Å². The molecule has 0 aromatic heterocycles. The van der Waals surface area contributed by atoms with E-state index in [2.05, 4.69) is 0 Å². The number of likely N-dealkylation sites (N-methyl/N-ethyl adjacent to an activating group) is 1. The van der Waals surface area contributed by atoms with E-state index in [0.29, 0.717) is 26.2 Å². The van der Waals surface area contributed by atoms with E-state index < -0.39 is 6.04 Å². The quantitative estimate of drug-likeness (QED) is 0.575. The molecule has 90 valence electrons. The molecule has 1 atom stereocenters. The van der Waals surface area contributed by atoms with Crippen molar-refractivity contribution in [3.8, 4) is 0 Å². The number of carbonyl (C=O) groups excluding carboxylic acids is 1. The van der Waals surface area contributed by atoms with Gasteiger partial charge in [0.1, 0.15) is 0 Å². The van der Waals surface area contributed by atoms with Gasteiger partial charge < -0.3 is 20.1 Å². The zero-order valence-electron chi connectivity index (χ0n) is 9.86. The van der Waals surface area contributed by atoms with Crippen LogP contribution in [0.4, 0.5) is 0 Å². The van der Waals surface area contributed by atoms with Crippen LogP contribution in [-0.4, -0.2) is 57.9 Å². The zero-order chi connectivity index (χ0) is 11.7. The lowest BCUT2D eigenvalue weighted by Gasteiger charge is -2.20. The number of methoxy groups -OCH3 is 2. The molecule has 0 bridgehead atoms. The summed E-state index contributed by atoms with van der Waals surface area (Å²) >= 11 is 0. The molecule has 0 rings (SSSR count). The normalized spacial score (nSPS) is 12.5. The van der Waals surface area contributed by atoms with Crippen molar-refractivity contribution in [3.05, 3.63) is 0 Å². The molecule has 5 nitrogen and oxygen atoms in total. The Balaban J connectivity index is 3.75. The van der Waals surface area contributed by atoms with Crippen molar-refractivity contribution < 1.29 is 14.3 Å². The maximum atomic E-state index is 11.6. The van der Waals surface area contributed by atoms with E-state index in [1.54, 1.807) is 26.2 Å². The Bertz CT molecular complexity index is 176. The first-order chi connectivity index (χ1) is 7.13. The molecule has 0 aliphatic heterocycles. The molecule has 15 heavy (non-hydrogen) atoms. The van der Waals surface area contributed by atoms with Crippen LogP contribution in [0.3, 0.4) is 0 Å². The fourth-order valence-corrected chi connectivity index (χ4v) is 1.19. The second-order valence-electron chi connectivity index (χ2n) is 3.49. The first-order valence-electron chi connectivity index (χ1n) is 5.12. The van der Waals surface area contributed by atoms with Gasteiger partial charge in [0.05, 0.1) is 12.6 Å². The number of nitrogens with two attached hydrogens (primary N) is 1. The third-order valence-corrected chi connectivity index (χ3v) is 2.19. The molecule has 1 unspecified atom stereocenters. The highest BCUT2D eigenvalue weighted by Crippen LogP contribution is 1.99. The molecule has 0 aromatic rings. The van der Waals surface area contributed by atoms with Gasteiger partial charge in [-0.05, 0) is 12.8 Å². The Morgan fingerprint density at radius 2 is 1.93 bits per heavy atom. The average molecular weight is 218 g/mol. The summed E-state index contributed by atoms with van der Waals surface area (Å²) in [5, 5.41) is 0. The number of hydrogen-bond donors (Lipinski definition) is 1. The Hall–Kier alpha value is -0.650. The lowest BCUT2D eigenvalue weighted by atomic mass is 10.1. The first-order valence-corrected chi connectivity index (χ1v) is 5.12. The molecular weight excluding hydrogens is 196 g/mol. The third kappa shape index (κ3) is 6.43. The van der Waals surface area contributed by atoms with E-state index in [9.17, 15) is 4.79 Å². The Morgan fingerprint density at radius 1 is 1.33 bits per heavy atom. The van der Waals surface area contributed by atoms with Gasteiger partial charge >= 0.3 is 0 Å². The summed E-state index contributed by atoms with van der Waals surface area (Å²) < 4.78 is 9.78. The number of nitrogens with zero attached hydrogens (tertiary/aromatic N) is 1. The molecule has 0 aliphatic carbocycles. The van der Waals surface area contributed by atoms with Crippen molar-refractivity contribution in [2.75, 3.05) is 41.0 Å². The molecule has 0 fully saturated rings. The summed E-state index contributed by atoms with van der Waals surface area (Å²) in [6.45, 7) is 1.75. The average Bonchev–Trinajstić information content (AvgIpc) is 2.24. The lowest BCUT2D eigenvalue weighted by molar-refractivity contribution is -0.132. The van der Waals surface area contributed by atoms with E-state index in [-0.39, 0.29) is 5.91 Å². The molecular formula is C10H22N2O3. The second kappa shape index (κ2) is 8.64. The van der Waals surface area contributed by atoms with Crippen LogP contribution in [0.1, 0.15) is 12.8 Å². The van der Waals surface area contributed by atoms with E-state index in [0.717, 1.165) is 6.42 Å². The van der Waals surface area contributed by atoms with Crippen molar-refractivity contribution >= 4 is 5.91 Å². The standard InChI is InChI=1S/C10H22N2O3/c1-12(6-8-15-3)10(13)9(11)5-4-7-14-2/h9H,4-8,11H2,1-3H3. The van der Waals surface area contributed by atoms with E-state index in [1.165, 1.54) is 0 Å². The molecule has 0 saturated carbocycles. The highest BCUT2D eigenvalue weighted by Gasteiger charge is 2.16. The predicted octanol–water partition coefficient (Wildman–Crippen LogP) is -0.155. The molecule has 1 amide bonds. The van der Waals surface area contributed by atoms with Crippen LogP contribution in [0.25, 0.3) is 0 Å². The van der Waals surface area contributed by atoms with Crippen molar-refractivity contribution in [2.24, 2.45) is 5.73 Å². The van der Waals surface area contributed by atoms with Gasteiger partial charge in [-0.25, -0.2) is 0 Å². The smallest absolute Gasteiger partial charge is 0.239 e. The lowest BCUT2D eigenvalue weighted by Crippen LogP contribution is -2.43. The Kier molecular flexibility index (Phi) is 8.27. The highest BCUT2D eigenvalue weighted by molar-refractivity contribution is 5.81. The van der Waals surface area contributed by atoms with Crippen molar-refractivity contribution in [2.45, 2.75) is 18.9 Å². The Morgan fingerprint density at radius 3 is 2.47 bits per heavy atom. The van der Waals surface area contributed by atoms with E-state index >= 15 is 0 Å². The summed E-state index contributed by atoms with van der Waals surface area (Å²) in [5.74, 6) is -0.0387. The van der Waals surface area contributed by atoms with Gasteiger partial charge in [0.15, 0.2) is 0 Å². The fraction of sp³-hybridized carbons (Fsp3) is 0.900. The predicted molar refractivity (Wildman–Crippen MR) is 58.6 cm³/mol. The molecule has 2 N–H and O–H groups in total. The summed E-state index contributed by atoms with van der Waals surface area (Å²) in [6.07, 6.45) is 1.46. The van der Waals surface area contributed by atoms with Crippen LogP contribution in [0.15, 0.2) is 0 Å². The minimum Gasteiger partial charge on any atom is -0.385 e. The number of ether oxygens (including phenoxy) is 2. The van der Waals surface area contributed by atoms with Crippen molar-refractivity contribution in [3.63, 3.8) is 0 Å². The number of rotatable bonds is 8. The van der Waals surface area contributed by atoms with Gasteiger partial charge in [-0.1, -0.05) is 0 Å². The van der Waals surface area contributed by atoms with Gasteiger partial charge in [0.2, 0.25) is 5.91 Å². The summed E-state index contributed by atoms with van der Waals surface area (Å²) in [5.41, 5.74) is 5.74. The molecule has 0 heterocycles. The third-order valence-electron chi connectivity index (χ3n) is 2.19. The van der Waals surface area contributed by atoms with Crippen LogP contribution >= 0.6 is 0 Å². The number of hydrogen-bond acceptors (Lipinski definition) is 4. The van der Waals surface area contributed by atoms with E-state index in [4.69, 9.17) is 15.2 Å². The summed E-state index contributed by atoms with van der Waals surface area (Å²) in [7, 11) is 4.98. The minimum atomic E-state index is -0.429. The number of carbonyl (C=O) groups is 1. The van der Waals surface area contributed by atoms with Crippen molar-refractivity contribution in [1.82, 2.24) is 4.90 Å². The molecule has 0 spiro atoms. The molecule has 0 saturated heterocycles. The van der Waals surface area contributed by atoms with Crippen LogP contribution in [-0.2, 0) is 14.3 Å². The Labute approximate surface area is 91.5 Å². The van der Waals surface area contributed by atoms with Crippen LogP contribution in [0.5, 0.6) is 0 Å². The minimum absolute atomic E-state index is 0.0387. The zero-order valence-corrected chi connectivity index (χ0v) is 9.86. The topological polar surface area (TPSA) is 64.8 Å². The second-order valence-corrected chi connectivity index (χ2v) is 3.49. The first kappa shape index (κ1) is 14.3. The van der Waals surface area contributed by atoms with Crippen molar-refractivity contribution in [1.29, 1.82) is 0 Å². The largest absolute Gasteiger partial charge is 0.385 e. The van der Waals surface area contributed by atoms with Gasteiger partial charge in [-0.2, -0.15) is 0 Å². The van der Waals surface area contributed by atoms with Gasteiger partial charge in [-0.15, -0.1) is 0 Å². The molecule has 0 aliphatic rings. The SMILES string of the molecule is COCCCC(N)C(=O)N(C)CCOC. The highest BCUT2D eigenvalue weighted by atomic mass is 16.5. The van der Waals surface area contributed by atoms with Gasteiger partial charge in [0, 0.05) is 34.4 Å². The molecule has 0 aromatic carbocycles. The summed E-state index contributed by atoms with van der Waals surface area (Å²) in [6, 6.07) is -0.429.